The van der Waals surface area contributed by atoms with Crippen molar-refractivity contribution < 1.29 is 13.9 Å². The molecule has 0 aromatic heterocycles. The number of carbonyl (C=O) groups is 1. The molecule has 158 valence electrons. The molecular weight excluding hydrogens is 379 g/mol. The molecule has 5 rings (SSSR count). The summed E-state index contributed by atoms with van der Waals surface area (Å²) >= 11 is 0. The minimum atomic E-state index is -0.358. The lowest BCUT2D eigenvalue weighted by atomic mass is 9.60. The van der Waals surface area contributed by atoms with Gasteiger partial charge in [-0.05, 0) is 48.4 Å². The van der Waals surface area contributed by atoms with Crippen LogP contribution in [0.2, 0.25) is 0 Å². The summed E-state index contributed by atoms with van der Waals surface area (Å²) in [6.45, 7) is 6.23. The Morgan fingerprint density at radius 1 is 0.967 bits per heavy atom. The number of carbonyl (C=O) groups excluding carboxylic acids is 1. The molecule has 1 unspecified atom stereocenters. The number of amides is 1. The van der Waals surface area contributed by atoms with Gasteiger partial charge in [-0.2, -0.15) is 0 Å². The maximum Gasteiger partial charge on any atom is 0.253 e. The fourth-order valence-corrected chi connectivity index (χ4v) is 5.98. The first-order valence-electron chi connectivity index (χ1n) is 11.0. The Labute approximate surface area is 177 Å². The van der Waals surface area contributed by atoms with Crippen molar-refractivity contribution in [2.75, 3.05) is 39.4 Å². The summed E-state index contributed by atoms with van der Waals surface area (Å²) in [5.41, 5.74) is 2.18. The third-order valence-corrected chi connectivity index (χ3v) is 7.61. The van der Waals surface area contributed by atoms with Gasteiger partial charge in [0.2, 0.25) is 0 Å². The molecule has 3 fully saturated rings. The monoisotopic (exact) mass is 408 g/mol. The van der Waals surface area contributed by atoms with Crippen LogP contribution in [0.15, 0.2) is 54.6 Å². The maximum absolute atomic E-state index is 13.6. The Morgan fingerprint density at radius 2 is 1.73 bits per heavy atom. The molecule has 0 saturated carbocycles. The van der Waals surface area contributed by atoms with Crippen molar-refractivity contribution in [2.24, 2.45) is 10.8 Å². The van der Waals surface area contributed by atoms with E-state index in [2.05, 4.69) is 35.2 Å². The van der Waals surface area contributed by atoms with Crippen LogP contribution >= 0.6 is 0 Å². The summed E-state index contributed by atoms with van der Waals surface area (Å²) in [4.78, 5) is 17.4. The highest BCUT2D eigenvalue weighted by atomic mass is 19.1. The molecule has 3 aliphatic heterocycles. The summed E-state index contributed by atoms with van der Waals surface area (Å²) < 4.78 is 19.5. The van der Waals surface area contributed by atoms with Crippen LogP contribution in [0.25, 0.3) is 0 Å². The number of piperidine rings is 1. The summed E-state index contributed by atoms with van der Waals surface area (Å²) in [5, 5.41) is 0. The summed E-state index contributed by atoms with van der Waals surface area (Å²) in [6, 6.07) is 16.7. The highest BCUT2D eigenvalue weighted by Crippen LogP contribution is 2.57. The largest absolute Gasteiger partial charge is 0.381 e. The number of nitrogens with zero attached hydrogens (tertiary/aromatic N) is 2. The molecule has 1 atom stereocenters. The maximum atomic E-state index is 13.6. The van der Waals surface area contributed by atoms with Crippen molar-refractivity contribution in [3.8, 4) is 0 Å². The molecule has 0 radical (unpaired) electrons. The summed E-state index contributed by atoms with van der Waals surface area (Å²) in [5.74, 6) is -0.413. The second-order valence-corrected chi connectivity index (χ2v) is 9.30. The Hall–Kier alpha value is -2.24. The van der Waals surface area contributed by atoms with Gasteiger partial charge < -0.3 is 9.64 Å². The predicted octanol–water partition coefficient (Wildman–Crippen LogP) is 3.97. The third-order valence-electron chi connectivity index (χ3n) is 7.61. The van der Waals surface area contributed by atoms with E-state index in [0.29, 0.717) is 5.56 Å². The predicted molar refractivity (Wildman–Crippen MR) is 114 cm³/mol. The van der Waals surface area contributed by atoms with Crippen molar-refractivity contribution in [3.05, 3.63) is 71.5 Å². The summed E-state index contributed by atoms with van der Waals surface area (Å²) in [6.07, 6.45) is 3.08. The number of hydrogen-bond acceptors (Lipinski definition) is 3. The van der Waals surface area contributed by atoms with Crippen LogP contribution in [-0.2, 0) is 11.3 Å². The number of fused-ring (bicyclic) bond motifs is 1. The Kier molecular flexibility index (Phi) is 5.11. The first-order valence-corrected chi connectivity index (χ1v) is 11.0. The van der Waals surface area contributed by atoms with Gasteiger partial charge in [-0.3, -0.25) is 9.69 Å². The SMILES string of the molecule is O=C(c1cccc(F)c1)N1CCC2(CC1)CN(Cc1ccccc1)CC21CCOC1. The van der Waals surface area contributed by atoms with E-state index in [0.717, 1.165) is 65.2 Å². The van der Waals surface area contributed by atoms with Crippen molar-refractivity contribution in [2.45, 2.75) is 25.8 Å². The van der Waals surface area contributed by atoms with E-state index in [9.17, 15) is 9.18 Å². The second-order valence-electron chi connectivity index (χ2n) is 9.30. The average Bonchev–Trinajstić information content (AvgIpc) is 3.35. The fourth-order valence-electron chi connectivity index (χ4n) is 5.98. The Balaban J connectivity index is 1.31. The van der Waals surface area contributed by atoms with Crippen LogP contribution in [0.3, 0.4) is 0 Å². The molecule has 30 heavy (non-hydrogen) atoms. The van der Waals surface area contributed by atoms with Crippen LogP contribution in [0, 0.1) is 16.6 Å². The standard InChI is InChI=1S/C25H29FN2O2/c26-22-8-4-7-21(15-22)23(29)28-12-9-24(10-13-28)17-27(16-20-5-2-1-3-6-20)18-25(24)11-14-30-19-25/h1-8,15H,9-14,16-19H2. The minimum Gasteiger partial charge on any atom is -0.381 e. The molecule has 3 heterocycles. The number of rotatable bonds is 3. The van der Waals surface area contributed by atoms with Crippen LogP contribution < -0.4 is 0 Å². The van der Waals surface area contributed by atoms with Gasteiger partial charge in [0.15, 0.2) is 0 Å². The van der Waals surface area contributed by atoms with Gasteiger partial charge in [0, 0.05) is 50.3 Å². The fraction of sp³-hybridized carbons (Fsp3) is 0.480. The molecule has 1 amide bonds. The van der Waals surface area contributed by atoms with Crippen LogP contribution in [-0.4, -0.2) is 55.1 Å². The van der Waals surface area contributed by atoms with Gasteiger partial charge in [0.05, 0.1) is 6.61 Å². The number of halogens is 1. The van der Waals surface area contributed by atoms with Gasteiger partial charge >= 0.3 is 0 Å². The van der Waals surface area contributed by atoms with Gasteiger partial charge in [-0.25, -0.2) is 4.39 Å². The zero-order valence-corrected chi connectivity index (χ0v) is 17.4. The molecule has 0 aliphatic carbocycles. The number of ether oxygens (including phenoxy) is 1. The van der Waals surface area contributed by atoms with Crippen LogP contribution in [0.1, 0.15) is 35.2 Å². The second kappa shape index (κ2) is 7.78. The lowest BCUT2D eigenvalue weighted by Gasteiger charge is -2.47. The molecule has 0 N–H and O–H groups in total. The molecule has 5 heteroatoms. The zero-order valence-electron chi connectivity index (χ0n) is 17.4. The zero-order chi connectivity index (χ0) is 20.6. The van der Waals surface area contributed by atoms with Crippen molar-refractivity contribution in [1.29, 1.82) is 0 Å². The Bertz CT molecular complexity index is 902. The van der Waals surface area contributed by atoms with E-state index in [4.69, 9.17) is 4.74 Å². The lowest BCUT2D eigenvalue weighted by Crippen LogP contribution is -2.51. The van der Waals surface area contributed by atoms with Gasteiger partial charge in [0.1, 0.15) is 5.82 Å². The topological polar surface area (TPSA) is 32.8 Å². The first kappa shape index (κ1) is 19.7. The average molecular weight is 409 g/mol. The quantitative estimate of drug-likeness (QED) is 0.770. The van der Waals surface area contributed by atoms with Crippen LogP contribution in [0.4, 0.5) is 4.39 Å². The van der Waals surface area contributed by atoms with E-state index >= 15 is 0 Å². The third kappa shape index (κ3) is 3.44. The van der Waals surface area contributed by atoms with E-state index < -0.39 is 0 Å². The number of hydrogen-bond donors (Lipinski definition) is 0. The lowest BCUT2D eigenvalue weighted by molar-refractivity contribution is 0.00834. The normalized spacial score (nSPS) is 26.0. The van der Waals surface area contributed by atoms with Gasteiger partial charge in [0.25, 0.3) is 5.91 Å². The van der Waals surface area contributed by atoms with Crippen molar-refractivity contribution >= 4 is 5.91 Å². The molecule has 3 aliphatic rings. The van der Waals surface area contributed by atoms with E-state index in [1.165, 1.54) is 17.7 Å². The van der Waals surface area contributed by atoms with E-state index in [1.807, 2.05) is 4.90 Å². The Morgan fingerprint density at radius 3 is 2.43 bits per heavy atom. The number of likely N-dealkylation sites (tertiary alicyclic amines) is 2. The summed E-state index contributed by atoms with van der Waals surface area (Å²) in [7, 11) is 0. The molecule has 2 aromatic carbocycles. The van der Waals surface area contributed by atoms with E-state index in [1.54, 1.807) is 12.1 Å². The van der Waals surface area contributed by atoms with Gasteiger partial charge in [-0.1, -0.05) is 36.4 Å². The minimum absolute atomic E-state index is 0.0554. The molecule has 3 saturated heterocycles. The van der Waals surface area contributed by atoms with Crippen LogP contribution in [0.5, 0.6) is 0 Å². The first-order chi connectivity index (χ1) is 14.6. The highest BCUT2D eigenvalue weighted by Gasteiger charge is 2.59. The molecule has 0 bridgehead atoms. The highest BCUT2D eigenvalue weighted by molar-refractivity contribution is 5.94. The molecule has 4 nitrogen and oxygen atoms in total. The molecule has 2 spiro atoms. The molecule has 2 aromatic rings. The van der Waals surface area contributed by atoms with E-state index in [-0.39, 0.29) is 22.6 Å². The van der Waals surface area contributed by atoms with Crippen molar-refractivity contribution in [1.82, 2.24) is 9.80 Å². The number of benzene rings is 2. The van der Waals surface area contributed by atoms with Gasteiger partial charge in [-0.15, -0.1) is 0 Å². The smallest absolute Gasteiger partial charge is 0.253 e. The van der Waals surface area contributed by atoms with Crippen molar-refractivity contribution in [3.63, 3.8) is 0 Å². The molecular formula is C25H29FN2O2.